The van der Waals surface area contributed by atoms with Crippen LogP contribution < -0.4 is 0 Å². The minimum absolute atomic E-state index is 0.130. The van der Waals surface area contributed by atoms with Crippen LogP contribution in [0.1, 0.15) is 17.1 Å². The van der Waals surface area contributed by atoms with E-state index in [1.54, 1.807) is 30.3 Å². The zero-order valence-electron chi connectivity index (χ0n) is 13.4. The summed E-state index contributed by atoms with van der Waals surface area (Å²) < 4.78 is 118. The van der Waals surface area contributed by atoms with Crippen LogP contribution in [0.4, 0.5) is 39.5 Å². The SMILES string of the molecule is Cn1c(C(F)(F)C(F)(F)C(F)(F)C(F)(F)F)cnc1/C=C/c1ccccc1. The topological polar surface area (TPSA) is 17.8 Å². The van der Waals surface area contributed by atoms with Crippen LogP contribution in [0.15, 0.2) is 36.5 Å². The van der Waals surface area contributed by atoms with E-state index >= 15 is 0 Å². The van der Waals surface area contributed by atoms with E-state index in [2.05, 4.69) is 4.98 Å². The molecule has 0 N–H and O–H groups in total. The molecule has 0 bridgehead atoms. The molecule has 27 heavy (non-hydrogen) atoms. The van der Waals surface area contributed by atoms with E-state index in [1.165, 1.54) is 6.08 Å². The van der Waals surface area contributed by atoms with Gasteiger partial charge in [-0.1, -0.05) is 36.4 Å². The summed E-state index contributed by atoms with van der Waals surface area (Å²) in [5.74, 6) is -19.9. The molecular formula is C16H11F9N2. The third kappa shape index (κ3) is 3.42. The molecule has 0 amide bonds. The number of hydrogen-bond acceptors (Lipinski definition) is 1. The van der Waals surface area contributed by atoms with Crippen molar-refractivity contribution in [3.8, 4) is 0 Å². The molecule has 1 aromatic carbocycles. The molecule has 0 fully saturated rings. The summed E-state index contributed by atoms with van der Waals surface area (Å²) >= 11 is 0. The van der Waals surface area contributed by atoms with Crippen molar-refractivity contribution in [2.24, 2.45) is 7.05 Å². The van der Waals surface area contributed by atoms with Crippen LogP contribution in [0, 0.1) is 0 Å². The molecule has 2 rings (SSSR count). The molecule has 0 aliphatic heterocycles. The Hall–Kier alpha value is -2.46. The number of imidazole rings is 1. The predicted molar refractivity (Wildman–Crippen MR) is 78.4 cm³/mol. The van der Waals surface area contributed by atoms with Crippen LogP contribution in [0.2, 0.25) is 0 Å². The first-order valence-corrected chi connectivity index (χ1v) is 7.19. The molecule has 0 saturated heterocycles. The van der Waals surface area contributed by atoms with Gasteiger partial charge in [-0.25, -0.2) is 4.98 Å². The lowest BCUT2D eigenvalue weighted by molar-refractivity contribution is -0.400. The molecule has 1 heterocycles. The second-order valence-electron chi connectivity index (χ2n) is 5.53. The molecule has 2 aromatic rings. The Morgan fingerprint density at radius 1 is 0.815 bits per heavy atom. The van der Waals surface area contributed by atoms with E-state index in [1.807, 2.05) is 0 Å². The number of nitrogens with zero attached hydrogens (tertiary/aromatic N) is 2. The Bertz CT molecular complexity index is 820. The quantitative estimate of drug-likeness (QED) is 0.603. The second kappa shape index (κ2) is 6.61. The van der Waals surface area contributed by atoms with Crippen LogP contribution in [-0.2, 0) is 13.0 Å². The van der Waals surface area contributed by atoms with Gasteiger partial charge in [-0.15, -0.1) is 0 Å². The average molecular weight is 402 g/mol. The van der Waals surface area contributed by atoms with Crippen molar-refractivity contribution in [2.75, 3.05) is 0 Å². The van der Waals surface area contributed by atoms with Crippen molar-refractivity contribution in [1.82, 2.24) is 9.55 Å². The van der Waals surface area contributed by atoms with Gasteiger partial charge < -0.3 is 4.57 Å². The minimum Gasteiger partial charge on any atom is -0.326 e. The molecule has 0 radical (unpaired) electrons. The largest absolute Gasteiger partial charge is 0.460 e. The van der Waals surface area contributed by atoms with Crippen molar-refractivity contribution in [2.45, 2.75) is 23.9 Å². The lowest BCUT2D eigenvalue weighted by Crippen LogP contribution is -2.59. The van der Waals surface area contributed by atoms with Gasteiger partial charge in [0.25, 0.3) is 0 Å². The highest BCUT2D eigenvalue weighted by Crippen LogP contribution is 2.56. The fraction of sp³-hybridized carbons (Fsp3) is 0.312. The summed E-state index contributed by atoms with van der Waals surface area (Å²) in [5, 5.41) is 0. The summed E-state index contributed by atoms with van der Waals surface area (Å²) in [7, 11) is 0.794. The van der Waals surface area contributed by atoms with Gasteiger partial charge in [0.15, 0.2) is 0 Å². The Labute approximate surface area is 146 Å². The number of aromatic nitrogens is 2. The molecule has 0 unspecified atom stereocenters. The monoisotopic (exact) mass is 402 g/mol. The molecule has 0 atom stereocenters. The van der Waals surface area contributed by atoms with Crippen LogP contribution in [0.5, 0.6) is 0 Å². The van der Waals surface area contributed by atoms with Gasteiger partial charge in [0.2, 0.25) is 0 Å². The number of alkyl halides is 9. The van der Waals surface area contributed by atoms with Gasteiger partial charge in [-0.05, 0) is 11.6 Å². The maximum absolute atomic E-state index is 14.0. The lowest BCUT2D eigenvalue weighted by Gasteiger charge is -2.33. The van der Waals surface area contributed by atoms with Crippen LogP contribution >= 0.6 is 0 Å². The summed E-state index contributed by atoms with van der Waals surface area (Å²) in [5.41, 5.74) is -1.20. The molecule has 148 valence electrons. The normalized spacial score (nSPS) is 14.1. The number of halogens is 9. The van der Waals surface area contributed by atoms with Gasteiger partial charge in [0.1, 0.15) is 11.5 Å². The van der Waals surface area contributed by atoms with Crippen molar-refractivity contribution in [3.63, 3.8) is 0 Å². The highest BCUT2D eigenvalue weighted by molar-refractivity contribution is 5.66. The standard InChI is InChI=1S/C16H11F9N2/c1-27-11(9-26-12(27)8-7-10-5-3-2-4-6-10)13(17,18)14(19,20)15(21,22)16(23,24)25/h2-9H,1H3/b8-7+. The summed E-state index contributed by atoms with van der Waals surface area (Å²) in [6.45, 7) is 0. The van der Waals surface area contributed by atoms with E-state index in [9.17, 15) is 39.5 Å². The van der Waals surface area contributed by atoms with E-state index in [-0.39, 0.29) is 12.0 Å². The van der Waals surface area contributed by atoms with Crippen molar-refractivity contribution < 1.29 is 39.5 Å². The fourth-order valence-corrected chi connectivity index (χ4v) is 2.14. The summed E-state index contributed by atoms with van der Waals surface area (Å²) in [6, 6.07) is 8.23. The molecule has 1 aromatic heterocycles. The van der Waals surface area contributed by atoms with Gasteiger partial charge in [-0.3, -0.25) is 0 Å². The first-order chi connectivity index (χ1) is 12.2. The zero-order chi connectivity index (χ0) is 20.7. The Kier molecular flexibility index (Phi) is 5.10. The Morgan fingerprint density at radius 3 is 1.89 bits per heavy atom. The molecule has 0 saturated carbocycles. The first kappa shape index (κ1) is 20.8. The Balaban J connectivity index is 2.43. The highest BCUT2D eigenvalue weighted by Gasteiger charge is 2.82. The molecule has 2 nitrogen and oxygen atoms in total. The number of benzene rings is 1. The van der Waals surface area contributed by atoms with Gasteiger partial charge in [0, 0.05) is 7.05 Å². The summed E-state index contributed by atoms with van der Waals surface area (Å²) in [6.07, 6.45) is -4.25. The van der Waals surface area contributed by atoms with Crippen LogP contribution in [-0.4, -0.2) is 27.6 Å². The molecule has 11 heteroatoms. The number of hydrogen-bond donors (Lipinski definition) is 0. The lowest BCUT2D eigenvalue weighted by atomic mass is 10.0. The maximum Gasteiger partial charge on any atom is 0.460 e. The van der Waals surface area contributed by atoms with E-state index < -0.39 is 29.6 Å². The molecule has 0 aliphatic rings. The highest BCUT2D eigenvalue weighted by atomic mass is 19.4. The van der Waals surface area contributed by atoms with Crippen LogP contribution in [0.3, 0.4) is 0 Å². The molecular weight excluding hydrogens is 391 g/mol. The average Bonchev–Trinajstić information content (AvgIpc) is 2.94. The fourth-order valence-electron chi connectivity index (χ4n) is 2.14. The maximum atomic E-state index is 14.0. The predicted octanol–water partition coefficient (Wildman–Crippen LogP) is 5.52. The van der Waals surface area contributed by atoms with Gasteiger partial charge >= 0.3 is 23.9 Å². The first-order valence-electron chi connectivity index (χ1n) is 7.19. The minimum atomic E-state index is -6.95. The third-order valence-electron chi connectivity index (χ3n) is 3.71. The summed E-state index contributed by atoms with van der Waals surface area (Å²) in [4.78, 5) is 3.39. The van der Waals surface area contributed by atoms with Crippen molar-refractivity contribution in [3.05, 3.63) is 53.6 Å². The van der Waals surface area contributed by atoms with Gasteiger partial charge in [0.05, 0.1) is 6.20 Å². The van der Waals surface area contributed by atoms with Crippen molar-refractivity contribution >= 4 is 12.2 Å². The number of rotatable bonds is 5. The van der Waals surface area contributed by atoms with Gasteiger partial charge in [-0.2, -0.15) is 39.5 Å². The zero-order valence-corrected chi connectivity index (χ0v) is 13.4. The molecule has 0 aliphatic carbocycles. The smallest absolute Gasteiger partial charge is 0.326 e. The third-order valence-corrected chi connectivity index (χ3v) is 3.71. The van der Waals surface area contributed by atoms with E-state index in [4.69, 9.17) is 0 Å². The van der Waals surface area contributed by atoms with E-state index in [0.29, 0.717) is 10.1 Å². The van der Waals surface area contributed by atoms with Crippen molar-refractivity contribution in [1.29, 1.82) is 0 Å². The van der Waals surface area contributed by atoms with E-state index in [0.717, 1.165) is 13.1 Å². The second-order valence-corrected chi connectivity index (χ2v) is 5.53. The molecule has 0 spiro atoms. The Morgan fingerprint density at radius 2 is 1.37 bits per heavy atom. The van der Waals surface area contributed by atoms with Crippen LogP contribution in [0.25, 0.3) is 12.2 Å².